The molecule has 4 nitrogen and oxygen atoms in total. The number of rotatable bonds is 4. The van der Waals surface area contributed by atoms with E-state index in [1.54, 1.807) is 10.6 Å². The molecule has 1 heterocycles. The van der Waals surface area contributed by atoms with E-state index in [0.717, 1.165) is 12.1 Å². The first kappa shape index (κ1) is 12.4. The fraction of sp³-hybridized carbons (Fsp3) is 0.286. The van der Waals surface area contributed by atoms with E-state index in [4.69, 9.17) is 0 Å². The summed E-state index contributed by atoms with van der Waals surface area (Å²) in [5.41, 5.74) is 0.929. The molecule has 0 aliphatic heterocycles. The molecule has 0 atom stereocenters. The minimum Gasteiger partial charge on any atom is -0.370 e. The van der Waals surface area contributed by atoms with Crippen molar-refractivity contribution < 1.29 is 0 Å². The van der Waals surface area contributed by atoms with Crippen molar-refractivity contribution in [2.45, 2.75) is 20.4 Å². The highest BCUT2D eigenvalue weighted by molar-refractivity contribution is 5.57. The highest BCUT2D eigenvalue weighted by Gasteiger charge is 2.08. The average molecular weight is 243 g/mol. The van der Waals surface area contributed by atoms with Crippen LogP contribution in [-0.4, -0.2) is 16.1 Å². The molecular weight excluding hydrogens is 226 g/mol. The lowest BCUT2D eigenvalue weighted by Gasteiger charge is -2.12. The van der Waals surface area contributed by atoms with Crippen molar-refractivity contribution in [1.29, 1.82) is 0 Å². The number of nitrogens with one attached hydrogen (secondary N) is 1. The van der Waals surface area contributed by atoms with Crippen LogP contribution in [0.25, 0.3) is 11.4 Å². The molecule has 2 aromatic rings. The second-order valence-corrected chi connectivity index (χ2v) is 3.94. The maximum atomic E-state index is 12.0. The summed E-state index contributed by atoms with van der Waals surface area (Å²) >= 11 is 0. The Labute approximate surface area is 106 Å². The number of hydrogen-bond acceptors (Lipinski definition) is 3. The van der Waals surface area contributed by atoms with Crippen LogP contribution in [0.3, 0.4) is 0 Å². The van der Waals surface area contributed by atoms with E-state index in [9.17, 15) is 4.79 Å². The second-order valence-electron chi connectivity index (χ2n) is 3.94. The second kappa shape index (κ2) is 5.49. The summed E-state index contributed by atoms with van der Waals surface area (Å²) < 4.78 is 1.68. The first-order valence-electron chi connectivity index (χ1n) is 6.17. The maximum absolute atomic E-state index is 12.0. The van der Waals surface area contributed by atoms with Crippen molar-refractivity contribution in [2.24, 2.45) is 0 Å². The summed E-state index contributed by atoms with van der Waals surface area (Å²) in [5.74, 6) is 1.34. The van der Waals surface area contributed by atoms with Gasteiger partial charge >= 0.3 is 0 Å². The Morgan fingerprint density at radius 1 is 1.22 bits per heavy atom. The molecule has 0 saturated heterocycles. The molecular formula is C14H17N3O. The Morgan fingerprint density at radius 3 is 2.56 bits per heavy atom. The van der Waals surface area contributed by atoms with Gasteiger partial charge in [0.15, 0.2) is 0 Å². The van der Waals surface area contributed by atoms with E-state index in [-0.39, 0.29) is 5.56 Å². The number of anilines is 1. The maximum Gasteiger partial charge on any atom is 0.255 e. The van der Waals surface area contributed by atoms with Crippen LogP contribution < -0.4 is 10.9 Å². The van der Waals surface area contributed by atoms with Gasteiger partial charge in [0.05, 0.1) is 0 Å². The first-order valence-corrected chi connectivity index (χ1v) is 6.17. The zero-order valence-electron chi connectivity index (χ0n) is 10.7. The highest BCUT2D eigenvalue weighted by Crippen LogP contribution is 2.16. The van der Waals surface area contributed by atoms with E-state index in [0.29, 0.717) is 18.2 Å². The van der Waals surface area contributed by atoms with Gasteiger partial charge in [-0.15, -0.1) is 0 Å². The Morgan fingerprint density at radius 2 is 1.94 bits per heavy atom. The first-order chi connectivity index (χ1) is 8.76. The van der Waals surface area contributed by atoms with Gasteiger partial charge in [0.1, 0.15) is 11.6 Å². The number of benzene rings is 1. The van der Waals surface area contributed by atoms with E-state index >= 15 is 0 Å². The Balaban J connectivity index is 2.60. The van der Waals surface area contributed by atoms with Crippen molar-refractivity contribution in [3.05, 3.63) is 46.8 Å². The largest absolute Gasteiger partial charge is 0.370 e. The lowest BCUT2D eigenvalue weighted by atomic mass is 10.2. The third-order valence-corrected chi connectivity index (χ3v) is 2.71. The van der Waals surface area contributed by atoms with Crippen LogP contribution >= 0.6 is 0 Å². The van der Waals surface area contributed by atoms with Gasteiger partial charge in [-0.3, -0.25) is 9.36 Å². The smallest absolute Gasteiger partial charge is 0.255 e. The summed E-state index contributed by atoms with van der Waals surface area (Å²) in [4.78, 5) is 16.5. The van der Waals surface area contributed by atoms with Gasteiger partial charge in [0, 0.05) is 24.7 Å². The lowest BCUT2D eigenvalue weighted by molar-refractivity contribution is 0.718. The van der Waals surface area contributed by atoms with E-state index < -0.39 is 0 Å². The SMILES string of the molecule is CCNc1cc(=O)n(CC)c(-c2ccccc2)n1. The zero-order chi connectivity index (χ0) is 13.0. The summed E-state index contributed by atoms with van der Waals surface area (Å²) in [5, 5.41) is 3.09. The fourth-order valence-corrected chi connectivity index (χ4v) is 1.89. The summed E-state index contributed by atoms with van der Waals surface area (Å²) in [6, 6.07) is 11.3. The third-order valence-electron chi connectivity index (χ3n) is 2.71. The normalized spacial score (nSPS) is 10.3. The molecule has 0 radical (unpaired) electrons. The van der Waals surface area contributed by atoms with Gasteiger partial charge in [-0.1, -0.05) is 30.3 Å². The minimum absolute atomic E-state index is 0.0256. The van der Waals surface area contributed by atoms with Crippen LogP contribution in [0.15, 0.2) is 41.2 Å². The molecule has 0 aliphatic rings. The predicted molar refractivity (Wildman–Crippen MR) is 73.8 cm³/mol. The number of nitrogens with zero attached hydrogens (tertiary/aromatic N) is 2. The quantitative estimate of drug-likeness (QED) is 0.896. The van der Waals surface area contributed by atoms with Gasteiger partial charge in [0.25, 0.3) is 5.56 Å². The van der Waals surface area contributed by atoms with Crippen molar-refractivity contribution >= 4 is 5.82 Å². The van der Waals surface area contributed by atoms with Gasteiger partial charge in [-0.05, 0) is 13.8 Å². The Hall–Kier alpha value is -2.10. The molecule has 0 aliphatic carbocycles. The number of aromatic nitrogens is 2. The molecule has 1 aromatic carbocycles. The number of hydrogen-bond donors (Lipinski definition) is 1. The molecule has 1 aromatic heterocycles. The van der Waals surface area contributed by atoms with Crippen LogP contribution in [0.5, 0.6) is 0 Å². The van der Waals surface area contributed by atoms with Crippen molar-refractivity contribution in [1.82, 2.24) is 9.55 Å². The third kappa shape index (κ3) is 2.42. The van der Waals surface area contributed by atoms with E-state index in [2.05, 4.69) is 10.3 Å². The van der Waals surface area contributed by atoms with Crippen LogP contribution in [0.1, 0.15) is 13.8 Å². The van der Waals surface area contributed by atoms with E-state index in [1.807, 2.05) is 44.2 Å². The van der Waals surface area contributed by atoms with Crippen LogP contribution in [-0.2, 0) is 6.54 Å². The monoisotopic (exact) mass is 243 g/mol. The van der Waals surface area contributed by atoms with Gasteiger partial charge in [-0.2, -0.15) is 0 Å². The Bertz CT molecular complexity index is 575. The molecule has 0 fully saturated rings. The summed E-state index contributed by atoms with van der Waals surface area (Å²) in [6.45, 7) is 5.29. The molecule has 18 heavy (non-hydrogen) atoms. The molecule has 2 rings (SSSR count). The topological polar surface area (TPSA) is 46.9 Å². The summed E-state index contributed by atoms with van der Waals surface area (Å²) in [7, 11) is 0. The average Bonchev–Trinajstić information content (AvgIpc) is 2.39. The highest BCUT2D eigenvalue weighted by atomic mass is 16.1. The van der Waals surface area contributed by atoms with Crippen LogP contribution in [0.2, 0.25) is 0 Å². The zero-order valence-corrected chi connectivity index (χ0v) is 10.7. The molecule has 0 unspecified atom stereocenters. The standard InChI is InChI=1S/C14H17N3O/c1-3-15-12-10-13(18)17(4-2)14(16-12)11-8-6-5-7-9-11/h5-10,15H,3-4H2,1-2H3. The minimum atomic E-state index is -0.0256. The summed E-state index contributed by atoms with van der Waals surface area (Å²) in [6.07, 6.45) is 0. The predicted octanol–water partition coefficient (Wildman–Crippen LogP) is 2.36. The lowest BCUT2D eigenvalue weighted by Crippen LogP contribution is -2.22. The van der Waals surface area contributed by atoms with Crippen molar-refractivity contribution in [2.75, 3.05) is 11.9 Å². The van der Waals surface area contributed by atoms with Crippen LogP contribution in [0, 0.1) is 0 Å². The Kier molecular flexibility index (Phi) is 3.77. The van der Waals surface area contributed by atoms with E-state index in [1.165, 1.54) is 0 Å². The fourth-order valence-electron chi connectivity index (χ4n) is 1.89. The molecule has 0 spiro atoms. The molecule has 0 saturated carbocycles. The van der Waals surface area contributed by atoms with Gasteiger partial charge in [-0.25, -0.2) is 4.98 Å². The van der Waals surface area contributed by atoms with Gasteiger partial charge in [0.2, 0.25) is 0 Å². The molecule has 94 valence electrons. The van der Waals surface area contributed by atoms with Crippen LogP contribution in [0.4, 0.5) is 5.82 Å². The molecule has 0 amide bonds. The molecule has 1 N–H and O–H groups in total. The van der Waals surface area contributed by atoms with Crippen molar-refractivity contribution in [3.63, 3.8) is 0 Å². The molecule has 4 heteroatoms. The molecule has 0 bridgehead atoms. The van der Waals surface area contributed by atoms with Crippen molar-refractivity contribution in [3.8, 4) is 11.4 Å². The van der Waals surface area contributed by atoms with Gasteiger partial charge < -0.3 is 5.32 Å².